The molecule has 0 fully saturated rings. The molecule has 0 bridgehead atoms. The number of nitrogens with two attached hydrogens (primary N) is 6. The van der Waals surface area contributed by atoms with Crippen molar-refractivity contribution in [2.24, 2.45) is 56.2 Å². The minimum atomic E-state index is -1.20. The highest BCUT2D eigenvalue weighted by Crippen LogP contribution is 2.08. The molecule has 0 aromatic heterocycles. The summed E-state index contributed by atoms with van der Waals surface area (Å²) in [7, 11) is 0. The predicted octanol–water partition coefficient (Wildman–Crippen LogP) is -4.42. The van der Waals surface area contributed by atoms with Crippen molar-refractivity contribution in [1.82, 2.24) is 31.9 Å². The number of carbonyl (C=O) groups excluding carboxylic acids is 7. The van der Waals surface area contributed by atoms with Gasteiger partial charge in [0.05, 0.1) is 12.6 Å². The van der Waals surface area contributed by atoms with Gasteiger partial charge in [0.2, 0.25) is 41.4 Å². The molecule has 0 aromatic rings. The first kappa shape index (κ1) is 47.8. The lowest BCUT2D eigenvalue weighted by Crippen LogP contribution is -2.58. The summed E-state index contributed by atoms with van der Waals surface area (Å²) in [6.07, 6.45) is 1.31. The highest BCUT2D eigenvalue weighted by Gasteiger charge is 2.31. The van der Waals surface area contributed by atoms with Crippen LogP contribution >= 0.6 is 0 Å². The molecule has 6 atom stereocenters. The fourth-order valence-electron chi connectivity index (χ4n) is 4.79. The zero-order valence-electron chi connectivity index (χ0n) is 31.7. The summed E-state index contributed by atoms with van der Waals surface area (Å²) >= 11 is 0. The van der Waals surface area contributed by atoms with Crippen LogP contribution in [0.1, 0.15) is 80.1 Å². The minimum absolute atomic E-state index is 0.00800. The second-order valence-electron chi connectivity index (χ2n) is 13.6. The quantitative estimate of drug-likeness (QED) is 0.0239. The van der Waals surface area contributed by atoms with Crippen molar-refractivity contribution in [3.63, 3.8) is 0 Å². The van der Waals surface area contributed by atoms with E-state index in [2.05, 4.69) is 41.9 Å². The number of aliphatic imine (C=N–C) groups is 2. The third-order valence-corrected chi connectivity index (χ3v) is 7.50. The molecule has 21 heteroatoms. The highest BCUT2D eigenvalue weighted by atomic mass is 16.2. The van der Waals surface area contributed by atoms with Crippen molar-refractivity contribution in [2.45, 2.75) is 116 Å². The van der Waals surface area contributed by atoms with Crippen LogP contribution < -0.4 is 66.3 Å². The average molecular weight is 755 g/mol. The number of primary amides is 1. The molecule has 18 N–H and O–H groups in total. The Hall–Kier alpha value is -5.21. The summed E-state index contributed by atoms with van der Waals surface area (Å²) in [5, 5.41) is 15.2. The maximum Gasteiger partial charge on any atom is 0.243 e. The molecule has 53 heavy (non-hydrogen) atoms. The number of nitrogens with zero attached hydrogens (tertiary/aromatic N) is 2. The monoisotopic (exact) mass is 754 g/mol. The van der Waals surface area contributed by atoms with Gasteiger partial charge in [0, 0.05) is 13.1 Å². The Morgan fingerprint density at radius 2 is 0.906 bits per heavy atom. The van der Waals surface area contributed by atoms with Gasteiger partial charge in [-0.3, -0.25) is 43.5 Å². The van der Waals surface area contributed by atoms with Crippen molar-refractivity contribution in [2.75, 3.05) is 19.6 Å². The molecule has 0 aliphatic heterocycles. The summed E-state index contributed by atoms with van der Waals surface area (Å²) in [4.78, 5) is 97.3. The lowest BCUT2D eigenvalue weighted by atomic mass is 10.0. The maximum absolute atomic E-state index is 13.6. The maximum atomic E-state index is 13.6. The van der Waals surface area contributed by atoms with Crippen molar-refractivity contribution in [3.05, 3.63) is 0 Å². The third-order valence-electron chi connectivity index (χ3n) is 7.50. The van der Waals surface area contributed by atoms with Gasteiger partial charge in [-0.15, -0.1) is 0 Å². The second-order valence-corrected chi connectivity index (χ2v) is 13.6. The number of amides is 7. The molecule has 21 nitrogen and oxygen atoms in total. The zero-order valence-corrected chi connectivity index (χ0v) is 31.7. The van der Waals surface area contributed by atoms with E-state index < -0.39 is 84.1 Å². The van der Waals surface area contributed by atoms with E-state index in [0.717, 1.165) is 0 Å². The standard InChI is InChI=1S/C32H62N14O7/c1-16(2)13-20(33)27(50)44-22(10-8-12-40-32(37)38)30(53)45-21(9-7-11-39-31(35)36)29(52)43-18(5)25(48)42-19(6)26(49)46-23(14-17(3)4)28(51)41-15-24(34)47/h16-23H,7-15,33H2,1-6H3,(H2,34,47)(H,41,51)(H,42,48)(H,43,52)(H,44,50)(H,45,53)(H,46,49)(H4,35,36,39)(H4,37,38,40)/t18-,19-,20-,21-,22-,23-/m0/s1. The Bertz CT molecular complexity index is 1300. The summed E-state index contributed by atoms with van der Waals surface area (Å²) < 4.78 is 0. The van der Waals surface area contributed by atoms with Gasteiger partial charge < -0.3 is 66.3 Å². The van der Waals surface area contributed by atoms with Gasteiger partial charge in [0.15, 0.2) is 11.9 Å². The first-order chi connectivity index (χ1) is 24.6. The van der Waals surface area contributed by atoms with E-state index in [4.69, 9.17) is 34.4 Å². The molecular formula is C32H62N14O7. The molecule has 302 valence electrons. The molecule has 0 heterocycles. The van der Waals surface area contributed by atoms with E-state index in [-0.39, 0.29) is 62.5 Å². The number of carbonyl (C=O) groups is 7. The van der Waals surface area contributed by atoms with E-state index in [0.29, 0.717) is 12.8 Å². The lowest BCUT2D eigenvalue weighted by molar-refractivity contribution is -0.135. The van der Waals surface area contributed by atoms with Crippen molar-refractivity contribution < 1.29 is 33.6 Å². The number of rotatable bonds is 25. The summed E-state index contributed by atoms with van der Waals surface area (Å²) in [6, 6.07) is -6.53. The molecule has 7 amide bonds. The van der Waals surface area contributed by atoms with E-state index >= 15 is 0 Å². The van der Waals surface area contributed by atoms with Crippen molar-refractivity contribution in [1.29, 1.82) is 0 Å². The van der Waals surface area contributed by atoms with Crippen LogP contribution in [0.25, 0.3) is 0 Å². The predicted molar refractivity (Wildman–Crippen MR) is 200 cm³/mol. The number of hydrogen-bond donors (Lipinski definition) is 12. The number of hydrogen-bond acceptors (Lipinski definition) is 10. The average Bonchev–Trinajstić information content (AvgIpc) is 3.04. The van der Waals surface area contributed by atoms with E-state index in [1.54, 1.807) is 0 Å². The highest BCUT2D eigenvalue weighted by molar-refractivity contribution is 5.96. The molecule has 0 rings (SSSR count). The van der Waals surface area contributed by atoms with E-state index in [1.807, 2.05) is 27.7 Å². The minimum Gasteiger partial charge on any atom is -0.370 e. The van der Waals surface area contributed by atoms with Gasteiger partial charge in [-0.05, 0) is 64.2 Å². The van der Waals surface area contributed by atoms with Gasteiger partial charge in [0.1, 0.15) is 30.2 Å². The summed E-state index contributed by atoms with van der Waals surface area (Å²) in [5.41, 5.74) is 32.7. The fraction of sp³-hybridized carbons (Fsp3) is 0.719. The summed E-state index contributed by atoms with van der Waals surface area (Å²) in [6.45, 7) is 10.1. The third kappa shape index (κ3) is 21.7. The fourth-order valence-corrected chi connectivity index (χ4v) is 4.79. The van der Waals surface area contributed by atoms with Crippen LogP contribution in [0.2, 0.25) is 0 Å². The van der Waals surface area contributed by atoms with Gasteiger partial charge in [-0.2, -0.15) is 0 Å². The SMILES string of the molecule is CC(C)C[C@H](NC(=O)[C@H](C)NC(=O)[C@H](C)NC(=O)[C@H](CCCN=C(N)N)NC(=O)[C@H](CCCN=C(N)N)NC(=O)[C@@H](N)CC(C)C)C(=O)NCC(N)=O. The largest absolute Gasteiger partial charge is 0.370 e. The first-order valence-corrected chi connectivity index (χ1v) is 17.6. The number of guanidine groups is 2. The van der Waals surface area contributed by atoms with Gasteiger partial charge >= 0.3 is 0 Å². The van der Waals surface area contributed by atoms with Crippen molar-refractivity contribution >= 4 is 53.3 Å². The second kappa shape index (κ2) is 24.9. The van der Waals surface area contributed by atoms with E-state index in [1.165, 1.54) is 13.8 Å². The van der Waals surface area contributed by atoms with Gasteiger partial charge in [-0.1, -0.05) is 27.7 Å². The lowest BCUT2D eigenvalue weighted by Gasteiger charge is -2.26. The molecule has 0 unspecified atom stereocenters. The molecule has 0 spiro atoms. The topological polar surface area (TPSA) is 373 Å². The normalized spacial score (nSPS) is 14.3. The van der Waals surface area contributed by atoms with Crippen LogP contribution in [0.5, 0.6) is 0 Å². The Morgan fingerprint density at radius 3 is 1.34 bits per heavy atom. The molecular weight excluding hydrogens is 692 g/mol. The van der Waals surface area contributed by atoms with Crippen LogP contribution in [0, 0.1) is 11.8 Å². The zero-order chi connectivity index (χ0) is 40.8. The number of nitrogens with one attached hydrogen (secondary N) is 6. The van der Waals surface area contributed by atoms with Crippen molar-refractivity contribution in [3.8, 4) is 0 Å². The van der Waals surface area contributed by atoms with Gasteiger partial charge in [-0.25, -0.2) is 0 Å². The summed E-state index contributed by atoms with van der Waals surface area (Å²) in [5.74, 6) is -5.00. The Balaban J connectivity index is 5.85. The molecule has 0 aromatic carbocycles. The Morgan fingerprint density at radius 1 is 0.509 bits per heavy atom. The molecule has 0 saturated heterocycles. The Labute approximate surface area is 310 Å². The van der Waals surface area contributed by atoms with Crippen LogP contribution in [0.15, 0.2) is 9.98 Å². The van der Waals surface area contributed by atoms with Gasteiger partial charge in [0.25, 0.3) is 0 Å². The first-order valence-electron chi connectivity index (χ1n) is 17.6. The van der Waals surface area contributed by atoms with Crippen LogP contribution in [-0.2, 0) is 33.6 Å². The van der Waals surface area contributed by atoms with Crippen LogP contribution in [0.4, 0.5) is 0 Å². The molecule has 0 radical (unpaired) electrons. The molecule has 0 aliphatic carbocycles. The van der Waals surface area contributed by atoms with Crippen LogP contribution in [0.3, 0.4) is 0 Å². The van der Waals surface area contributed by atoms with Crippen LogP contribution in [-0.4, -0.2) is 109 Å². The smallest absolute Gasteiger partial charge is 0.243 e. The molecule has 0 saturated carbocycles. The Kier molecular flexibility index (Phi) is 22.4. The van der Waals surface area contributed by atoms with E-state index in [9.17, 15) is 33.6 Å². The molecule has 0 aliphatic rings.